The fraction of sp³-hybridized carbons (Fsp3) is 0.574. The maximum Gasteiger partial charge on any atom is 0.433 e. The van der Waals surface area contributed by atoms with Gasteiger partial charge in [-0.25, -0.2) is 0 Å². The Balaban J connectivity index is 0.000000445. The molecule has 3 aromatic rings. The number of nitrogens with zero attached hydrogens (tertiary/aromatic N) is 2. The second kappa shape index (κ2) is 31.7. The highest BCUT2D eigenvalue weighted by Crippen LogP contribution is 2.26. The van der Waals surface area contributed by atoms with Crippen molar-refractivity contribution in [1.82, 2.24) is 0 Å². The predicted molar refractivity (Wildman–Crippen MR) is 232 cm³/mol. The van der Waals surface area contributed by atoms with Crippen molar-refractivity contribution in [2.24, 2.45) is 9.98 Å². The highest BCUT2D eigenvalue weighted by atomic mass is 32.2. The van der Waals surface area contributed by atoms with Gasteiger partial charge in [-0.05, 0) is 54.6 Å². The number of hydrogen-bond donors (Lipinski definition) is 0. The maximum absolute atomic E-state index is 13.2. The van der Waals surface area contributed by atoms with Gasteiger partial charge < -0.3 is 4.74 Å². The van der Waals surface area contributed by atoms with E-state index in [0.29, 0.717) is 12.2 Å². The zero-order valence-electron chi connectivity index (χ0n) is 35.1. The van der Waals surface area contributed by atoms with E-state index < -0.39 is 23.8 Å². The fourth-order valence-electron chi connectivity index (χ4n) is 5.94. The van der Waals surface area contributed by atoms with E-state index in [1.54, 1.807) is 36.4 Å². The third kappa shape index (κ3) is 25.0. The molecule has 0 N–H and O–H groups in total. The summed E-state index contributed by atoms with van der Waals surface area (Å²) in [7, 11) is 1.48. The molecule has 3 aromatic carbocycles. The zero-order chi connectivity index (χ0) is 42.2. The second-order valence-electron chi connectivity index (χ2n) is 14.1. The molecule has 0 amide bonds. The fourth-order valence-corrected chi connectivity index (χ4v) is 6.35. The minimum absolute atomic E-state index is 0.0139. The molecule has 0 aliphatic carbocycles. The lowest BCUT2D eigenvalue weighted by molar-refractivity contribution is -0.0591. The lowest BCUT2D eigenvalue weighted by Crippen LogP contribution is -2.24. The van der Waals surface area contributed by atoms with E-state index in [4.69, 9.17) is 4.74 Å². The average Bonchev–Trinajstić information content (AvgIpc) is 3.20. The molecule has 57 heavy (non-hydrogen) atoms. The van der Waals surface area contributed by atoms with Gasteiger partial charge in [0.15, 0.2) is 0 Å². The van der Waals surface area contributed by atoms with Crippen molar-refractivity contribution in [2.45, 2.75) is 160 Å². The molecule has 0 atom stereocenters. The van der Waals surface area contributed by atoms with Gasteiger partial charge in [0.05, 0.1) is 13.7 Å². The van der Waals surface area contributed by atoms with E-state index in [-0.39, 0.29) is 24.2 Å². The molecule has 0 saturated heterocycles. The molecule has 0 saturated carbocycles. The Labute approximate surface area is 344 Å². The van der Waals surface area contributed by atoms with Crippen molar-refractivity contribution in [3.05, 3.63) is 95.6 Å². The number of ether oxygens (including phenoxy) is 1. The van der Waals surface area contributed by atoms with Crippen LogP contribution in [0.4, 0.5) is 26.3 Å². The van der Waals surface area contributed by atoms with E-state index >= 15 is 0 Å². The van der Waals surface area contributed by atoms with Gasteiger partial charge in [0.25, 0.3) is 0 Å². The minimum Gasteiger partial charge on any atom is -0.497 e. The molecule has 320 valence electrons. The van der Waals surface area contributed by atoms with Gasteiger partial charge in [-0.2, -0.15) is 26.3 Å². The van der Waals surface area contributed by atoms with Crippen molar-refractivity contribution in [3.63, 3.8) is 0 Å². The first-order valence-electron chi connectivity index (χ1n) is 21.0. The number of alkyl halides is 6. The van der Waals surface area contributed by atoms with Crippen LogP contribution < -0.4 is 4.74 Å². The summed E-state index contributed by atoms with van der Waals surface area (Å²) in [6.07, 6.45) is 16.4. The first-order valence-corrected chi connectivity index (χ1v) is 22.2. The van der Waals surface area contributed by atoms with Crippen molar-refractivity contribution in [1.29, 1.82) is 0 Å². The first-order chi connectivity index (χ1) is 27.4. The molecule has 3 nitrogen and oxygen atoms in total. The van der Waals surface area contributed by atoms with Crippen LogP contribution in [-0.4, -0.2) is 43.7 Å². The van der Waals surface area contributed by atoms with Crippen LogP contribution in [0.3, 0.4) is 0 Å². The van der Waals surface area contributed by atoms with Gasteiger partial charge in [0, 0.05) is 22.6 Å². The predicted octanol–water partition coefficient (Wildman–Crippen LogP) is 16.1. The Bertz CT molecular complexity index is 1450. The van der Waals surface area contributed by atoms with Crippen LogP contribution in [0.2, 0.25) is 0 Å². The Morgan fingerprint density at radius 2 is 0.895 bits per heavy atom. The number of benzene rings is 3. The summed E-state index contributed by atoms with van der Waals surface area (Å²) >= 11 is 1.49. The molecule has 0 aliphatic heterocycles. The largest absolute Gasteiger partial charge is 0.497 e. The van der Waals surface area contributed by atoms with Crippen LogP contribution in [0.15, 0.2) is 93.7 Å². The third-order valence-corrected chi connectivity index (χ3v) is 10.0. The van der Waals surface area contributed by atoms with Gasteiger partial charge in [-0.3, -0.25) is 9.98 Å². The lowest BCUT2D eigenvalue weighted by atomic mass is 10.1. The maximum atomic E-state index is 13.2. The van der Waals surface area contributed by atoms with Crippen molar-refractivity contribution < 1.29 is 31.1 Å². The first kappa shape index (κ1) is 51.7. The third-order valence-electron chi connectivity index (χ3n) is 9.27. The number of hydrogen-bond acceptors (Lipinski definition) is 4. The number of rotatable bonds is 24. The van der Waals surface area contributed by atoms with Gasteiger partial charge in [0.1, 0.15) is 17.2 Å². The zero-order valence-corrected chi connectivity index (χ0v) is 35.9. The molecular weight excluding hydrogens is 755 g/mol. The number of unbranched alkanes of at least 4 members (excludes halogenated alkanes) is 16. The molecule has 0 fully saturated rings. The quantitative estimate of drug-likeness (QED) is 0.0390. The van der Waals surface area contributed by atoms with Crippen molar-refractivity contribution in [2.75, 3.05) is 19.9 Å². The van der Waals surface area contributed by atoms with E-state index in [9.17, 15) is 26.3 Å². The Morgan fingerprint density at radius 1 is 0.509 bits per heavy atom. The van der Waals surface area contributed by atoms with Crippen LogP contribution in [0.5, 0.6) is 5.75 Å². The van der Waals surface area contributed by atoms with Crippen LogP contribution in [0.25, 0.3) is 0 Å². The number of aliphatic imine (C=N–C) groups is 2. The summed E-state index contributed by atoms with van der Waals surface area (Å²) in [5, 5.41) is 0. The Morgan fingerprint density at radius 3 is 1.28 bits per heavy atom. The highest BCUT2D eigenvalue weighted by Gasteiger charge is 2.37. The molecule has 0 unspecified atom stereocenters. The molecule has 0 aromatic heterocycles. The molecule has 0 radical (unpaired) electrons. The van der Waals surface area contributed by atoms with Gasteiger partial charge in [-0.1, -0.05) is 172 Å². The monoisotopic (exact) mass is 822 g/mol. The van der Waals surface area contributed by atoms with Crippen LogP contribution in [-0.2, 0) is 6.54 Å². The molecule has 0 heterocycles. The summed E-state index contributed by atoms with van der Waals surface area (Å²) in [5.41, 5.74) is -0.706. The second-order valence-corrected chi connectivity index (χ2v) is 15.0. The number of methoxy groups -OCH3 is 1. The van der Waals surface area contributed by atoms with Crippen molar-refractivity contribution in [3.8, 4) is 5.75 Å². The standard InChI is InChI=1S/C18H26F3NO.C16H14F3NS.C13H28/c1-3-4-5-6-7-8-9-14-22-17(18(19,20)21)15-10-12-16(23-2)13-11-15;1-21-14-9-7-13(8-10-14)15(16(17,18)19)20-11-12-5-3-2-4-6-12;1-3-5-7-9-11-13-12-10-8-6-4-2/h10-13H,3-9,14H2,1-2H3;2-10H,11H2,1H3;3-13H2,1-2H3. The van der Waals surface area contributed by atoms with Gasteiger partial charge >= 0.3 is 12.4 Å². The molecule has 0 spiro atoms. The van der Waals surface area contributed by atoms with E-state index in [2.05, 4.69) is 30.8 Å². The van der Waals surface area contributed by atoms with E-state index in [0.717, 1.165) is 29.7 Å². The SMILES string of the molecule is CCCCCCCCCCCCC.CCCCCCCCCN=C(c1ccc(OC)cc1)C(F)(F)F.CSc1ccc(C(=NCc2ccccc2)C(F)(F)F)cc1. The van der Waals surface area contributed by atoms with Crippen molar-refractivity contribution >= 4 is 23.2 Å². The summed E-state index contributed by atoms with van der Waals surface area (Å²) in [6, 6.07) is 21.0. The summed E-state index contributed by atoms with van der Waals surface area (Å²) in [6.45, 7) is 6.96. The summed E-state index contributed by atoms with van der Waals surface area (Å²) in [4.78, 5) is 8.50. The minimum atomic E-state index is -4.46. The molecule has 0 bridgehead atoms. The highest BCUT2D eigenvalue weighted by molar-refractivity contribution is 7.98. The molecule has 3 rings (SSSR count). The Hall–Kier alpha value is -3.27. The van der Waals surface area contributed by atoms with Crippen LogP contribution >= 0.6 is 11.8 Å². The lowest BCUT2D eigenvalue weighted by Gasteiger charge is -2.11. The number of halogens is 6. The topological polar surface area (TPSA) is 34.0 Å². The van der Waals surface area contributed by atoms with E-state index in [1.165, 1.54) is 145 Å². The number of thioether (sulfide) groups is 1. The molecule has 10 heteroatoms. The summed E-state index contributed by atoms with van der Waals surface area (Å²) in [5.74, 6) is 0.530. The normalized spacial score (nSPS) is 12.1. The van der Waals surface area contributed by atoms with Crippen LogP contribution in [0.1, 0.15) is 153 Å². The van der Waals surface area contributed by atoms with Gasteiger partial charge in [0.2, 0.25) is 0 Å². The van der Waals surface area contributed by atoms with Crippen LogP contribution in [0, 0.1) is 0 Å². The van der Waals surface area contributed by atoms with E-state index in [1.807, 2.05) is 12.3 Å². The average molecular weight is 823 g/mol. The Kier molecular flexibility index (Phi) is 28.8. The van der Waals surface area contributed by atoms with Gasteiger partial charge in [-0.15, -0.1) is 11.8 Å². The smallest absolute Gasteiger partial charge is 0.433 e. The molecule has 0 aliphatic rings. The molecular formula is C47H68F6N2OS. The summed E-state index contributed by atoms with van der Waals surface area (Å²) < 4.78 is 83.9.